The van der Waals surface area contributed by atoms with Gasteiger partial charge in [-0.3, -0.25) is 0 Å². The fourth-order valence-electron chi connectivity index (χ4n) is 1.60. The summed E-state index contributed by atoms with van der Waals surface area (Å²) in [5, 5.41) is -0.539. The molecule has 0 spiro atoms. The normalized spacial score (nSPS) is 13.3. The maximum atomic E-state index is 11.9. The van der Waals surface area contributed by atoms with Crippen molar-refractivity contribution in [3.8, 4) is 5.75 Å². The van der Waals surface area contributed by atoms with Crippen molar-refractivity contribution in [1.82, 2.24) is 4.72 Å². The molecule has 1 aromatic carbocycles. The van der Waals surface area contributed by atoms with Gasteiger partial charge >= 0.3 is 0 Å². The van der Waals surface area contributed by atoms with Crippen LogP contribution in [0.1, 0.15) is 18.9 Å². The Bertz CT molecular complexity index is 470. The number of hydrogen-bond donors (Lipinski definition) is 2. The van der Waals surface area contributed by atoms with E-state index in [9.17, 15) is 8.42 Å². The number of nitrogens with two attached hydrogens (primary N) is 1. The molecule has 0 radical (unpaired) electrons. The van der Waals surface area contributed by atoms with Crippen LogP contribution in [0.2, 0.25) is 0 Å². The highest BCUT2D eigenvalue weighted by molar-refractivity contribution is 7.90. The smallest absolute Gasteiger partial charge is 0.216 e. The maximum Gasteiger partial charge on any atom is 0.216 e. The van der Waals surface area contributed by atoms with E-state index in [2.05, 4.69) is 4.72 Å². The summed E-state index contributed by atoms with van der Waals surface area (Å²) in [6.07, 6.45) is 0.504. The van der Waals surface area contributed by atoms with Crippen molar-refractivity contribution in [3.05, 3.63) is 29.8 Å². The summed E-state index contributed by atoms with van der Waals surface area (Å²) in [7, 11) is -1.78. The summed E-state index contributed by atoms with van der Waals surface area (Å²) < 4.78 is 31.4. The number of nitrogens with one attached hydrogen (secondary N) is 1. The molecular weight excluding hydrogens is 252 g/mol. The van der Waals surface area contributed by atoms with Crippen molar-refractivity contribution in [1.29, 1.82) is 0 Å². The third-order valence-electron chi connectivity index (χ3n) is 2.77. The molecule has 0 amide bonds. The van der Waals surface area contributed by atoms with E-state index in [4.69, 9.17) is 10.5 Å². The molecular formula is C12H20N2O3S. The molecule has 3 N–H and O–H groups in total. The second-order valence-electron chi connectivity index (χ2n) is 3.98. The van der Waals surface area contributed by atoms with Gasteiger partial charge in [-0.2, -0.15) is 0 Å². The average Bonchev–Trinajstić information content (AvgIpc) is 2.38. The lowest BCUT2D eigenvalue weighted by molar-refractivity contribution is 0.414. The third-order valence-corrected chi connectivity index (χ3v) is 4.72. The summed E-state index contributed by atoms with van der Waals surface area (Å²) in [4.78, 5) is 0. The highest BCUT2D eigenvalue weighted by atomic mass is 32.2. The van der Waals surface area contributed by atoms with Crippen LogP contribution in [0.4, 0.5) is 0 Å². The third kappa shape index (κ3) is 3.97. The van der Waals surface area contributed by atoms with Gasteiger partial charge in [-0.1, -0.05) is 19.1 Å². The zero-order valence-corrected chi connectivity index (χ0v) is 11.5. The van der Waals surface area contributed by atoms with Gasteiger partial charge in [-0.15, -0.1) is 0 Å². The molecule has 18 heavy (non-hydrogen) atoms. The first-order chi connectivity index (χ1) is 8.53. The van der Waals surface area contributed by atoms with E-state index in [0.29, 0.717) is 12.2 Å². The molecule has 0 heterocycles. The highest BCUT2D eigenvalue weighted by Crippen LogP contribution is 2.13. The van der Waals surface area contributed by atoms with Gasteiger partial charge in [0.25, 0.3) is 0 Å². The van der Waals surface area contributed by atoms with E-state index in [1.54, 1.807) is 13.2 Å². The first kappa shape index (κ1) is 14.9. The average molecular weight is 272 g/mol. The standard InChI is InChI=1S/C12H20N2O3S/c1-3-12(8-13)18(15,16)14-9-10-5-4-6-11(7-10)17-2/h4-7,12,14H,3,8-9,13H2,1-2H3. The van der Waals surface area contributed by atoms with Crippen LogP contribution in [0.25, 0.3) is 0 Å². The van der Waals surface area contributed by atoms with Crippen molar-refractivity contribution < 1.29 is 13.2 Å². The number of hydrogen-bond acceptors (Lipinski definition) is 4. The molecule has 0 aliphatic carbocycles. The monoisotopic (exact) mass is 272 g/mol. The van der Waals surface area contributed by atoms with Crippen molar-refractivity contribution >= 4 is 10.0 Å². The van der Waals surface area contributed by atoms with Crippen LogP contribution in [0.3, 0.4) is 0 Å². The van der Waals surface area contributed by atoms with E-state index in [-0.39, 0.29) is 13.1 Å². The molecule has 1 atom stereocenters. The Morgan fingerprint density at radius 1 is 1.44 bits per heavy atom. The fraction of sp³-hybridized carbons (Fsp3) is 0.500. The minimum absolute atomic E-state index is 0.129. The molecule has 0 bridgehead atoms. The molecule has 1 rings (SSSR count). The molecule has 5 nitrogen and oxygen atoms in total. The van der Waals surface area contributed by atoms with Crippen molar-refractivity contribution in [3.63, 3.8) is 0 Å². The molecule has 102 valence electrons. The molecule has 0 aromatic heterocycles. The summed E-state index contributed by atoms with van der Waals surface area (Å²) in [6.45, 7) is 2.18. The Hall–Kier alpha value is -1.11. The topological polar surface area (TPSA) is 81.4 Å². The minimum atomic E-state index is -3.36. The molecule has 0 saturated heterocycles. The van der Waals surface area contributed by atoms with Crippen molar-refractivity contribution in [2.75, 3.05) is 13.7 Å². The Morgan fingerprint density at radius 2 is 2.17 bits per heavy atom. The number of sulfonamides is 1. The Kier molecular flexibility index (Phi) is 5.58. The molecule has 0 saturated carbocycles. The highest BCUT2D eigenvalue weighted by Gasteiger charge is 2.21. The van der Waals surface area contributed by atoms with Gasteiger partial charge in [0, 0.05) is 13.1 Å². The lowest BCUT2D eigenvalue weighted by Crippen LogP contribution is -2.38. The van der Waals surface area contributed by atoms with Gasteiger partial charge in [0.1, 0.15) is 5.75 Å². The van der Waals surface area contributed by atoms with Gasteiger partial charge < -0.3 is 10.5 Å². The zero-order chi connectivity index (χ0) is 13.6. The maximum absolute atomic E-state index is 11.9. The molecule has 1 aromatic rings. The first-order valence-electron chi connectivity index (χ1n) is 5.85. The Balaban J connectivity index is 2.69. The number of rotatable bonds is 7. The van der Waals surface area contributed by atoms with Crippen LogP contribution in [-0.2, 0) is 16.6 Å². The van der Waals surface area contributed by atoms with Crippen LogP contribution in [-0.4, -0.2) is 27.3 Å². The van der Waals surface area contributed by atoms with Gasteiger partial charge in [-0.05, 0) is 24.1 Å². The molecule has 6 heteroatoms. The van der Waals surface area contributed by atoms with Gasteiger partial charge in [0.05, 0.1) is 12.4 Å². The molecule has 0 aliphatic rings. The van der Waals surface area contributed by atoms with E-state index < -0.39 is 15.3 Å². The van der Waals surface area contributed by atoms with Crippen LogP contribution < -0.4 is 15.2 Å². The van der Waals surface area contributed by atoms with Crippen molar-refractivity contribution in [2.45, 2.75) is 25.1 Å². The SMILES string of the molecule is CCC(CN)S(=O)(=O)NCc1cccc(OC)c1. The van der Waals surface area contributed by atoms with E-state index in [0.717, 1.165) is 5.56 Å². The summed E-state index contributed by atoms with van der Waals surface area (Å²) in [5.41, 5.74) is 6.30. The summed E-state index contributed by atoms with van der Waals surface area (Å²) in [6, 6.07) is 7.27. The van der Waals surface area contributed by atoms with Crippen LogP contribution in [0.5, 0.6) is 5.75 Å². The predicted molar refractivity (Wildman–Crippen MR) is 71.9 cm³/mol. The van der Waals surface area contributed by atoms with E-state index in [1.807, 2.05) is 25.1 Å². The zero-order valence-electron chi connectivity index (χ0n) is 10.7. The fourth-order valence-corrected chi connectivity index (χ4v) is 2.89. The lowest BCUT2D eigenvalue weighted by atomic mass is 10.2. The Labute approximate surface area is 108 Å². The van der Waals surface area contributed by atoms with Crippen LogP contribution >= 0.6 is 0 Å². The van der Waals surface area contributed by atoms with E-state index in [1.165, 1.54) is 0 Å². The number of benzene rings is 1. The number of ether oxygens (including phenoxy) is 1. The van der Waals surface area contributed by atoms with Crippen LogP contribution in [0.15, 0.2) is 24.3 Å². The second kappa shape index (κ2) is 6.72. The predicted octanol–water partition coefficient (Wildman–Crippen LogP) is 0.852. The minimum Gasteiger partial charge on any atom is -0.497 e. The van der Waals surface area contributed by atoms with Crippen LogP contribution in [0, 0.1) is 0 Å². The van der Waals surface area contributed by atoms with Gasteiger partial charge in [0.15, 0.2) is 0 Å². The van der Waals surface area contributed by atoms with Crippen molar-refractivity contribution in [2.24, 2.45) is 5.73 Å². The molecule has 0 aliphatic heterocycles. The Morgan fingerprint density at radius 3 is 2.72 bits per heavy atom. The molecule has 0 fully saturated rings. The summed E-state index contributed by atoms with van der Waals surface area (Å²) in [5.74, 6) is 0.706. The largest absolute Gasteiger partial charge is 0.497 e. The molecule has 1 unspecified atom stereocenters. The first-order valence-corrected chi connectivity index (χ1v) is 7.39. The van der Waals surface area contributed by atoms with Gasteiger partial charge in [0.2, 0.25) is 10.0 Å². The summed E-state index contributed by atoms with van der Waals surface area (Å²) >= 11 is 0. The number of methoxy groups -OCH3 is 1. The second-order valence-corrected chi connectivity index (χ2v) is 6.03. The van der Waals surface area contributed by atoms with E-state index >= 15 is 0 Å². The lowest BCUT2D eigenvalue weighted by Gasteiger charge is -2.14. The quantitative estimate of drug-likeness (QED) is 0.771. The van der Waals surface area contributed by atoms with Gasteiger partial charge in [-0.25, -0.2) is 13.1 Å².